The van der Waals surface area contributed by atoms with Gasteiger partial charge in [0, 0.05) is 25.2 Å². The lowest BCUT2D eigenvalue weighted by Crippen LogP contribution is -2.19. The van der Waals surface area contributed by atoms with E-state index in [2.05, 4.69) is 15.2 Å². The molecule has 120 valence electrons. The standard InChI is InChI=1S/C16H24N4OS/c1-11(17)15-14(19-16(18-2)22-15)12-5-7-13(8-6-12)21-10-9-20(3)4/h5-8,11H,9-10,17H2,1-4H3,(H,18,19). The molecule has 1 unspecified atom stereocenters. The van der Waals surface area contributed by atoms with Crippen LogP contribution < -0.4 is 15.8 Å². The van der Waals surface area contributed by atoms with Gasteiger partial charge >= 0.3 is 0 Å². The van der Waals surface area contributed by atoms with Crippen molar-refractivity contribution in [3.05, 3.63) is 29.1 Å². The fraction of sp³-hybridized carbons (Fsp3) is 0.438. The maximum atomic E-state index is 6.06. The van der Waals surface area contributed by atoms with E-state index in [1.54, 1.807) is 11.3 Å². The van der Waals surface area contributed by atoms with Gasteiger partial charge in [0.15, 0.2) is 5.13 Å². The fourth-order valence-electron chi connectivity index (χ4n) is 2.01. The van der Waals surface area contributed by atoms with E-state index in [-0.39, 0.29) is 6.04 Å². The molecule has 5 nitrogen and oxygen atoms in total. The largest absolute Gasteiger partial charge is 0.492 e. The lowest BCUT2D eigenvalue weighted by Gasteiger charge is -2.11. The number of rotatable bonds is 7. The van der Waals surface area contributed by atoms with E-state index in [1.807, 2.05) is 52.3 Å². The van der Waals surface area contributed by atoms with Crippen molar-refractivity contribution in [2.45, 2.75) is 13.0 Å². The van der Waals surface area contributed by atoms with E-state index >= 15 is 0 Å². The molecule has 0 radical (unpaired) electrons. The van der Waals surface area contributed by atoms with Crippen LogP contribution in [0.15, 0.2) is 24.3 Å². The number of nitrogens with zero attached hydrogens (tertiary/aromatic N) is 2. The molecule has 0 aliphatic carbocycles. The molecule has 2 rings (SSSR count). The third-order valence-electron chi connectivity index (χ3n) is 3.22. The highest BCUT2D eigenvalue weighted by Crippen LogP contribution is 2.34. The molecule has 1 heterocycles. The summed E-state index contributed by atoms with van der Waals surface area (Å²) >= 11 is 1.60. The zero-order valence-electron chi connectivity index (χ0n) is 13.6. The smallest absolute Gasteiger partial charge is 0.183 e. The second-order valence-corrected chi connectivity index (χ2v) is 6.48. The van der Waals surface area contributed by atoms with Crippen LogP contribution in [-0.4, -0.2) is 44.2 Å². The summed E-state index contributed by atoms with van der Waals surface area (Å²) in [6.45, 7) is 3.56. The van der Waals surface area contributed by atoms with Gasteiger partial charge in [-0.3, -0.25) is 0 Å². The number of hydrogen-bond acceptors (Lipinski definition) is 6. The Morgan fingerprint density at radius 3 is 2.55 bits per heavy atom. The van der Waals surface area contributed by atoms with Crippen LogP contribution in [0.25, 0.3) is 11.3 Å². The van der Waals surface area contributed by atoms with Gasteiger partial charge < -0.3 is 20.7 Å². The molecule has 0 bridgehead atoms. The van der Waals surface area contributed by atoms with Gasteiger partial charge in [0.25, 0.3) is 0 Å². The number of aromatic nitrogens is 1. The Morgan fingerprint density at radius 2 is 2.00 bits per heavy atom. The third kappa shape index (κ3) is 4.19. The highest BCUT2D eigenvalue weighted by Gasteiger charge is 2.15. The molecule has 6 heteroatoms. The Kier molecular flexibility index (Phi) is 5.76. The lowest BCUT2D eigenvalue weighted by atomic mass is 10.1. The van der Waals surface area contributed by atoms with Crippen LogP contribution >= 0.6 is 11.3 Å². The fourth-order valence-corrected chi connectivity index (χ4v) is 2.90. The van der Waals surface area contributed by atoms with E-state index < -0.39 is 0 Å². The molecule has 2 aromatic rings. The highest BCUT2D eigenvalue weighted by atomic mass is 32.1. The first-order valence-electron chi connectivity index (χ1n) is 7.33. The Bertz CT molecular complexity index is 593. The van der Waals surface area contributed by atoms with Crippen LogP contribution in [0.1, 0.15) is 17.8 Å². The van der Waals surface area contributed by atoms with Gasteiger partial charge in [0.1, 0.15) is 12.4 Å². The number of nitrogens with two attached hydrogens (primary N) is 1. The van der Waals surface area contributed by atoms with E-state index in [1.165, 1.54) is 0 Å². The van der Waals surface area contributed by atoms with Crippen molar-refractivity contribution in [3.8, 4) is 17.0 Å². The number of benzene rings is 1. The quantitative estimate of drug-likeness (QED) is 0.821. The Hall–Kier alpha value is -1.63. The van der Waals surface area contributed by atoms with Crippen LogP contribution in [0.5, 0.6) is 5.75 Å². The summed E-state index contributed by atoms with van der Waals surface area (Å²) in [5.41, 5.74) is 8.07. The summed E-state index contributed by atoms with van der Waals surface area (Å²) in [4.78, 5) is 7.80. The van der Waals surface area contributed by atoms with Gasteiger partial charge in [0.05, 0.1) is 10.6 Å². The Balaban J connectivity index is 2.14. The normalized spacial score (nSPS) is 12.5. The Morgan fingerprint density at radius 1 is 1.32 bits per heavy atom. The zero-order valence-corrected chi connectivity index (χ0v) is 14.4. The number of thiazole rings is 1. The van der Waals surface area contributed by atoms with Crippen LogP contribution in [0.4, 0.5) is 5.13 Å². The second-order valence-electron chi connectivity index (χ2n) is 5.45. The van der Waals surface area contributed by atoms with Crippen LogP contribution in [-0.2, 0) is 0 Å². The second kappa shape index (κ2) is 7.58. The lowest BCUT2D eigenvalue weighted by molar-refractivity contribution is 0.261. The van der Waals surface area contributed by atoms with Gasteiger partial charge in [-0.05, 0) is 45.3 Å². The molecule has 1 aromatic heterocycles. The SMILES string of the molecule is CNc1nc(-c2ccc(OCCN(C)C)cc2)c(C(C)N)s1. The zero-order chi connectivity index (χ0) is 16.1. The van der Waals surface area contributed by atoms with Crippen molar-refractivity contribution < 1.29 is 4.74 Å². The number of nitrogens with one attached hydrogen (secondary N) is 1. The highest BCUT2D eigenvalue weighted by molar-refractivity contribution is 7.16. The molecule has 0 saturated heterocycles. The number of ether oxygens (including phenoxy) is 1. The molecule has 0 aliphatic rings. The third-order valence-corrected chi connectivity index (χ3v) is 4.49. The summed E-state index contributed by atoms with van der Waals surface area (Å²) in [5.74, 6) is 0.872. The summed E-state index contributed by atoms with van der Waals surface area (Å²) < 4.78 is 5.72. The first-order valence-corrected chi connectivity index (χ1v) is 8.15. The van der Waals surface area contributed by atoms with Gasteiger partial charge in [0.2, 0.25) is 0 Å². The van der Waals surface area contributed by atoms with Crippen molar-refractivity contribution in [1.82, 2.24) is 9.88 Å². The molecule has 22 heavy (non-hydrogen) atoms. The average Bonchev–Trinajstić information content (AvgIpc) is 2.92. The van der Waals surface area contributed by atoms with E-state index in [0.717, 1.165) is 33.6 Å². The van der Waals surface area contributed by atoms with Crippen molar-refractivity contribution in [3.63, 3.8) is 0 Å². The Labute approximate surface area is 136 Å². The van der Waals surface area contributed by atoms with Gasteiger partial charge in [-0.1, -0.05) is 11.3 Å². The summed E-state index contributed by atoms with van der Waals surface area (Å²) in [5, 5.41) is 3.97. The average molecular weight is 320 g/mol. The topological polar surface area (TPSA) is 63.4 Å². The van der Waals surface area contributed by atoms with Crippen molar-refractivity contribution >= 4 is 16.5 Å². The molecule has 1 aromatic carbocycles. The van der Waals surface area contributed by atoms with Gasteiger partial charge in [-0.15, -0.1) is 0 Å². The van der Waals surface area contributed by atoms with E-state index in [0.29, 0.717) is 6.61 Å². The minimum absolute atomic E-state index is 0.0365. The number of likely N-dealkylation sites (N-methyl/N-ethyl adjacent to an activating group) is 1. The molecule has 0 spiro atoms. The first kappa shape index (κ1) is 16.7. The maximum Gasteiger partial charge on any atom is 0.183 e. The van der Waals surface area contributed by atoms with Crippen LogP contribution in [0, 0.1) is 0 Å². The van der Waals surface area contributed by atoms with E-state index in [4.69, 9.17) is 10.5 Å². The maximum absolute atomic E-state index is 6.06. The van der Waals surface area contributed by atoms with Crippen molar-refractivity contribution in [2.75, 3.05) is 39.6 Å². The molecule has 0 saturated carbocycles. The summed E-state index contributed by atoms with van der Waals surface area (Å²) in [6, 6.07) is 7.99. The van der Waals surface area contributed by atoms with Gasteiger partial charge in [-0.2, -0.15) is 0 Å². The monoisotopic (exact) mass is 320 g/mol. The molecule has 0 fully saturated rings. The minimum atomic E-state index is -0.0365. The van der Waals surface area contributed by atoms with Gasteiger partial charge in [-0.25, -0.2) is 4.98 Å². The molecule has 3 N–H and O–H groups in total. The first-order chi connectivity index (χ1) is 10.5. The molecule has 0 amide bonds. The number of anilines is 1. The van der Waals surface area contributed by atoms with Crippen LogP contribution in [0.3, 0.4) is 0 Å². The predicted octanol–water partition coefficient (Wildman–Crippen LogP) is 2.81. The minimum Gasteiger partial charge on any atom is -0.492 e. The predicted molar refractivity (Wildman–Crippen MR) is 93.7 cm³/mol. The van der Waals surface area contributed by atoms with Crippen LogP contribution in [0.2, 0.25) is 0 Å². The molecular formula is C16H24N4OS. The summed E-state index contributed by atoms with van der Waals surface area (Å²) in [6.07, 6.45) is 0. The molecular weight excluding hydrogens is 296 g/mol. The number of hydrogen-bond donors (Lipinski definition) is 2. The van der Waals surface area contributed by atoms with E-state index in [9.17, 15) is 0 Å². The molecule has 0 aliphatic heterocycles. The van der Waals surface area contributed by atoms with Crippen molar-refractivity contribution in [1.29, 1.82) is 0 Å². The molecule has 1 atom stereocenters. The summed E-state index contributed by atoms with van der Waals surface area (Å²) in [7, 11) is 5.93. The van der Waals surface area contributed by atoms with Crippen molar-refractivity contribution in [2.24, 2.45) is 5.73 Å².